The summed E-state index contributed by atoms with van der Waals surface area (Å²) in [7, 11) is 0. The van der Waals surface area contributed by atoms with Crippen molar-refractivity contribution < 1.29 is 4.74 Å². The van der Waals surface area contributed by atoms with Crippen LogP contribution in [0, 0.1) is 5.92 Å². The van der Waals surface area contributed by atoms with E-state index in [-0.39, 0.29) is 5.60 Å². The molecule has 0 aromatic carbocycles. The Kier molecular flexibility index (Phi) is 3.81. The average Bonchev–Trinajstić information content (AvgIpc) is 2.25. The molecule has 2 aliphatic rings. The summed E-state index contributed by atoms with van der Waals surface area (Å²) in [6, 6.07) is 1.68. The predicted molar refractivity (Wildman–Crippen MR) is 71.0 cm³/mol. The summed E-state index contributed by atoms with van der Waals surface area (Å²) in [5.74, 6) is 0.606. The molecule has 2 heterocycles. The molecule has 2 saturated heterocycles. The van der Waals surface area contributed by atoms with E-state index in [0.29, 0.717) is 24.0 Å². The van der Waals surface area contributed by atoms with Crippen LogP contribution in [-0.4, -0.2) is 41.8 Å². The molecule has 0 spiro atoms. The summed E-state index contributed by atoms with van der Waals surface area (Å²) in [4.78, 5) is 2.68. The monoisotopic (exact) mass is 240 g/mol. The van der Waals surface area contributed by atoms with Gasteiger partial charge in [-0.2, -0.15) is 0 Å². The third kappa shape index (κ3) is 2.83. The van der Waals surface area contributed by atoms with Crippen LogP contribution in [0.2, 0.25) is 0 Å². The fourth-order valence-corrected chi connectivity index (χ4v) is 3.42. The molecule has 4 unspecified atom stereocenters. The first kappa shape index (κ1) is 13.3. The van der Waals surface area contributed by atoms with E-state index in [1.165, 1.54) is 6.42 Å². The van der Waals surface area contributed by atoms with Crippen LogP contribution < -0.4 is 5.73 Å². The van der Waals surface area contributed by atoms with Crippen LogP contribution in [0.5, 0.6) is 0 Å². The van der Waals surface area contributed by atoms with Gasteiger partial charge in [-0.1, -0.05) is 6.92 Å². The van der Waals surface area contributed by atoms with Gasteiger partial charge in [-0.3, -0.25) is 4.90 Å². The van der Waals surface area contributed by atoms with Crippen LogP contribution in [0.4, 0.5) is 0 Å². The van der Waals surface area contributed by atoms with Crippen LogP contribution in [-0.2, 0) is 4.74 Å². The molecule has 0 aromatic rings. The Morgan fingerprint density at radius 1 is 1.24 bits per heavy atom. The van der Waals surface area contributed by atoms with E-state index >= 15 is 0 Å². The lowest BCUT2D eigenvalue weighted by Crippen LogP contribution is -2.57. The Hall–Kier alpha value is -0.120. The number of likely N-dealkylation sites (tertiary alicyclic amines) is 1. The molecule has 3 heteroatoms. The molecule has 3 nitrogen and oxygen atoms in total. The van der Waals surface area contributed by atoms with Crippen molar-refractivity contribution in [3.05, 3.63) is 0 Å². The summed E-state index contributed by atoms with van der Waals surface area (Å²) in [5, 5.41) is 0. The summed E-state index contributed by atoms with van der Waals surface area (Å²) < 4.78 is 5.82. The Balaban J connectivity index is 2.02. The van der Waals surface area contributed by atoms with Gasteiger partial charge in [0, 0.05) is 31.3 Å². The topological polar surface area (TPSA) is 38.5 Å². The molecule has 0 saturated carbocycles. The van der Waals surface area contributed by atoms with Gasteiger partial charge in [-0.05, 0) is 46.0 Å². The number of rotatable bonds is 1. The first-order valence-corrected chi connectivity index (χ1v) is 7.06. The maximum Gasteiger partial charge on any atom is 0.0641 e. The van der Waals surface area contributed by atoms with E-state index in [0.717, 1.165) is 26.0 Å². The maximum absolute atomic E-state index is 6.16. The summed E-state index contributed by atoms with van der Waals surface area (Å²) in [5.41, 5.74) is 6.21. The zero-order chi connectivity index (χ0) is 12.6. The van der Waals surface area contributed by atoms with Crippen LogP contribution >= 0.6 is 0 Å². The van der Waals surface area contributed by atoms with Crippen LogP contribution in [0.25, 0.3) is 0 Å². The molecular formula is C14H28N2O. The van der Waals surface area contributed by atoms with Crippen molar-refractivity contribution in [2.24, 2.45) is 11.7 Å². The quantitative estimate of drug-likeness (QED) is 0.762. The van der Waals surface area contributed by atoms with Crippen molar-refractivity contribution in [1.82, 2.24) is 4.90 Å². The largest absolute Gasteiger partial charge is 0.375 e. The van der Waals surface area contributed by atoms with Gasteiger partial charge < -0.3 is 10.5 Å². The molecule has 100 valence electrons. The van der Waals surface area contributed by atoms with Gasteiger partial charge in [0.25, 0.3) is 0 Å². The minimum atomic E-state index is 0.0471. The smallest absolute Gasteiger partial charge is 0.0641 e. The molecule has 0 bridgehead atoms. The third-order valence-corrected chi connectivity index (χ3v) is 4.82. The van der Waals surface area contributed by atoms with E-state index in [9.17, 15) is 0 Å². The van der Waals surface area contributed by atoms with Gasteiger partial charge in [-0.25, -0.2) is 0 Å². The van der Waals surface area contributed by atoms with Gasteiger partial charge in [0.05, 0.1) is 5.60 Å². The van der Waals surface area contributed by atoms with Crippen LogP contribution in [0.1, 0.15) is 47.0 Å². The van der Waals surface area contributed by atoms with Crippen molar-refractivity contribution >= 4 is 0 Å². The second kappa shape index (κ2) is 4.87. The van der Waals surface area contributed by atoms with Crippen molar-refractivity contribution in [2.45, 2.75) is 70.7 Å². The van der Waals surface area contributed by atoms with Gasteiger partial charge in [0.1, 0.15) is 0 Å². The van der Waals surface area contributed by atoms with Crippen molar-refractivity contribution in [3.8, 4) is 0 Å². The van der Waals surface area contributed by atoms with Crippen LogP contribution in [0.3, 0.4) is 0 Å². The molecule has 17 heavy (non-hydrogen) atoms. The molecule has 2 N–H and O–H groups in total. The highest BCUT2D eigenvalue weighted by molar-refractivity contribution is 4.93. The molecule has 0 radical (unpaired) electrons. The number of nitrogens with two attached hydrogens (primary N) is 1. The SMILES string of the molecule is CC1C(N)CCN(C2CCOC(C)(C)C2)C1C. The predicted octanol–water partition coefficient (Wildman–Crippen LogP) is 2.00. The average molecular weight is 240 g/mol. The van der Waals surface area contributed by atoms with E-state index in [2.05, 4.69) is 32.6 Å². The van der Waals surface area contributed by atoms with Gasteiger partial charge in [0.15, 0.2) is 0 Å². The Bertz CT molecular complexity index is 267. The van der Waals surface area contributed by atoms with Crippen molar-refractivity contribution in [2.75, 3.05) is 13.2 Å². The van der Waals surface area contributed by atoms with E-state index in [1.807, 2.05) is 0 Å². The fourth-order valence-electron chi connectivity index (χ4n) is 3.42. The number of hydrogen-bond acceptors (Lipinski definition) is 3. The first-order valence-electron chi connectivity index (χ1n) is 7.06. The van der Waals surface area contributed by atoms with Gasteiger partial charge in [-0.15, -0.1) is 0 Å². The van der Waals surface area contributed by atoms with Crippen molar-refractivity contribution in [3.63, 3.8) is 0 Å². The highest BCUT2D eigenvalue weighted by Crippen LogP contribution is 2.32. The molecule has 2 aliphatic heterocycles. The highest BCUT2D eigenvalue weighted by Gasteiger charge is 2.38. The maximum atomic E-state index is 6.16. The molecule has 0 aliphatic carbocycles. The molecular weight excluding hydrogens is 212 g/mol. The molecule has 2 fully saturated rings. The lowest BCUT2D eigenvalue weighted by molar-refractivity contribution is -0.0966. The normalized spacial score (nSPS) is 43.6. The Morgan fingerprint density at radius 3 is 2.59 bits per heavy atom. The van der Waals surface area contributed by atoms with Gasteiger partial charge >= 0.3 is 0 Å². The summed E-state index contributed by atoms with van der Waals surface area (Å²) >= 11 is 0. The number of hydrogen-bond donors (Lipinski definition) is 1. The zero-order valence-corrected chi connectivity index (χ0v) is 11.8. The van der Waals surface area contributed by atoms with Crippen molar-refractivity contribution in [1.29, 1.82) is 0 Å². The van der Waals surface area contributed by atoms with Crippen LogP contribution in [0.15, 0.2) is 0 Å². The van der Waals surface area contributed by atoms with Gasteiger partial charge in [0.2, 0.25) is 0 Å². The first-order chi connectivity index (χ1) is 7.91. The lowest BCUT2D eigenvalue weighted by atomic mass is 9.84. The Morgan fingerprint density at radius 2 is 1.94 bits per heavy atom. The standard InChI is InChI=1S/C14H28N2O/c1-10-11(2)16(7-5-13(10)15)12-6-8-17-14(3,4)9-12/h10-13H,5-9,15H2,1-4H3. The molecule has 2 rings (SSSR count). The van der Waals surface area contributed by atoms with E-state index in [1.54, 1.807) is 0 Å². The lowest BCUT2D eigenvalue weighted by Gasteiger charge is -2.49. The number of piperidine rings is 1. The number of nitrogens with zero attached hydrogens (tertiary/aromatic N) is 1. The second-order valence-electron chi connectivity index (χ2n) is 6.54. The molecule has 0 amide bonds. The molecule has 0 aromatic heterocycles. The minimum absolute atomic E-state index is 0.0471. The minimum Gasteiger partial charge on any atom is -0.375 e. The van der Waals surface area contributed by atoms with E-state index in [4.69, 9.17) is 10.5 Å². The third-order valence-electron chi connectivity index (χ3n) is 4.82. The number of ether oxygens (including phenoxy) is 1. The fraction of sp³-hybridized carbons (Fsp3) is 1.00. The van der Waals surface area contributed by atoms with E-state index < -0.39 is 0 Å². The highest BCUT2D eigenvalue weighted by atomic mass is 16.5. The summed E-state index contributed by atoms with van der Waals surface area (Å²) in [6.07, 6.45) is 3.47. The zero-order valence-electron chi connectivity index (χ0n) is 11.8. The second-order valence-corrected chi connectivity index (χ2v) is 6.54. The Labute approximate surface area is 106 Å². The summed E-state index contributed by atoms with van der Waals surface area (Å²) in [6.45, 7) is 11.1. The molecule has 4 atom stereocenters.